The third-order valence-electron chi connectivity index (χ3n) is 8.16. The first-order valence-electron chi connectivity index (χ1n) is 13.6. The Labute approximate surface area is 233 Å². The Morgan fingerprint density at radius 2 is 1.75 bits per heavy atom. The molecule has 40 heavy (non-hydrogen) atoms. The van der Waals surface area contributed by atoms with Crippen LogP contribution in [0.1, 0.15) is 49.2 Å². The average Bonchev–Trinajstić information content (AvgIpc) is 2.92. The van der Waals surface area contributed by atoms with E-state index in [-0.39, 0.29) is 29.7 Å². The summed E-state index contributed by atoms with van der Waals surface area (Å²) in [5.74, 6) is -3.66. The van der Waals surface area contributed by atoms with Crippen LogP contribution in [0.2, 0.25) is 0 Å². The van der Waals surface area contributed by atoms with Crippen molar-refractivity contribution in [3.63, 3.8) is 0 Å². The van der Waals surface area contributed by atoms with Gasteiger partial charge in [-0.1, -0.05) is 43.7 Å². The van der Waals surface area contributed by atoms with Gasteiger partial charge < -0.3 is 31.1 Å². The van der Waals surface area contributed by atoms with Crippen molar-refractivity contribution in [2.24, 2.45) is 11.8 Å². The number of rotatable bonds is 5. The summed E-state index contributed by atoms with van der Waals surface area (Å²) in [6.07, 6.45) is 2.76. The number of aliphatic hydroxyl groups is 1. The summed E-state index contributed by atoms with van der Waals surface area (Å²) in [5, 5.41) is 29.8. The van der Waals surface area contributed by atoms with Gasteiger partial charge >= 0.3 is 0 Å². The van der Waals surface area contributed by atoms with Crippen LogP contribution in [0.5, 0.6) is 5.75 Å². The highest BCUT2D eigenvalue weighted by Gasteiger charge is 2.43. The summed E-state index contributed by atoms with van der Waals surface area (Å²) in [5.41, 5.74) is 0.565. The number of hydrogen-bond acceptors (Lipinski definition) is 7. The number of aromatic nitrogens is 1. The largest absolute Gasteiger partial charge is 0.505 e. The summed E-state index contributed by atoms with van der Waals surface area (Å²) < 4.78 is 0. The van der Waals surface area contributed by atoms with Gasteiger partial charge in [-0.2, -0.15) is 0 Å². The molecule has 0 bridgehead atoms. The maximum atomic E-state index is 13.8. The van der Waals surface area contributed by atoms with E-state index < -0.39 is 53.9 Å². The first-order chi connectivity index (χ1) is 19.1. The number of benzene rings is 1. The van der Waals surface area contributed by atoms with E-state index in [1.165, 1.54) is 30.3 Å². The molecule has 2 aromatic rings. The van der Waals surface area contributed by atoms with Crippen molar-refractivity contribution in [1.29, 1.82) is 0 Å². The molecule has 1 aromatic carbocycles. The van der Waals surface area contributed by atoms with Gasteiger partial charge in [0.1, 0.15) is 17.8 Å². The Balaban J connectivity index is 1.71. The monoisotopic (exact) mass is 551 g/mol. The number of likely N-dealkylation sites (N-methyl/N-ethyl adjacent to an activating group) is 1. The summed E-state index contributed by atoms with van der Waals surface area (Å²) >= 11 is 0. The van der Waals surface area contributed by atoms with Crippen LogP contribution in [0.25, 0.3) is 0 Å². The number of hydrogen-bond donors (Lipinski definition) is 5. The Morgan fingerprint density at radius 1 is 1.05 bits per heavy atom. The van der Waals surface area contributed by atoms with Crippen molar-refractivity contribution in [3.8, 4) is 5.75 Å². The van der Waals surface area contributed by atoms with Crippen molar-refractivity contribution in [3.05, 3.63) is 59.9 Å². The fourth-order valence-corrected chi connectivity index (χ4v) is 5.17. The van der Waals surface area contributed by atoms with Gasteiger partial charge in [0.05, 0.1) is 24.1 Å². The number of amides is 4. The van der Waals surface area contributed by atoms with Crippen molar-refractivity contribution in [2.45, 2.75) is 69.8 Å². The number of carbonyl (C=O) groups excluding carboxylic acids is 4. The standard InChI is InChI=1S/C29H37N5O6/c1-16-25(36)20(15-18-9-5-4-6-10-18)31-27(38)22(32-28(39)24-21(35)13-8-14-30-24)17(2)34(3)29(40)23(33-26(16)37)19-11-7-12-19/h4-6,8-10,13-14,16-17,19-20,22-23,25,35-36H,7,11-12,15H2,1-3H3,(H,31,38)(H,32,39)(H,33,37)/t16-,17-,20+,22+,23?,25+/m1/s1. The maximum absolute atomic E-state index is 13.8. The Morgan fingerprint density at radius 3 is 2.38 bits per heavy atom. The van der Waals surface area contributed by atoms with E-state index in [2.05, 4.69) is 20.9 Å². The number of aliphatic hydroxyl groups excluding tert-OH is 1. The number of carbonyl (C=O) groups is 4. The van der Waals surface area contributed by atoms with Crippen molar-refractivity contribution < 1.29 is 29.4 Å². The van der Waals surface area contributed by atoms with Crippen molar-refractivity contribution in [1.82, 2.24) is 25.8 Å². The van der Waals surface area contributed by atoms with Gasteiger partial charge in [0.15, 0.2) is 5.69 Å². The highest BCUT2D eigenvalue weighted by molar-refractivity contribution is 5.98. The molecule has 6 atom stereocenters. The van der Waals surface area contributed by atoms with Gasteiger partial charge in [-0.15, -0.1) is 0 Å². The molecule has 1 unspecified atom stereocenters. The molecule has 2 aliphatic rings. The van der Waals surface area contributed by atoms with Gasteiger partial charge in [-0.05, 0) is 49.8 Å². The lowest BCUT2D eigenvalue weighted by Gasteiger charge is -2.40. The molecule has 4 rings (SSSR count). The van der Waals surface area contributed by atoms with E-state index >= 15 is 0 Å². The molecule has 1 aromatic heterocycles. The lowest BCUT2D eigenvalue weighted by Crippen LogP contribution is -2.65. The van der Waals surface area contributed by atoms with Gasteiger partial charge in [0, 0.05) is 13.2 Å². The highest BCUT2D eigenvalue weighted by atomic mass is 16.3. The zero-order chi connectivity index (χ0) is 29.0. The zero-order valence-electron chi connectivity index (χ0n) is 22.9. The molecule has 2 heterocycles. The second kappa shape index (κ2) is 12.5. The maximum Gasteiger partial charge on any atom is 0.274 e. The fourth-order valence-electron chi connectivity index (χ4n) is 5.17. The minimum absolute atomic E-state index is 0.0640. The van der Waals surface area contributed by atoms with Crippen LogP contribution in [0.4, 0.5) is 0 Å². The van der Waals surface area contributed by atoms with E-state index in [0.717, 1.165) is 24.8 Å². The predicted octanol–water partition coefficient (Wildman–Crippen LogP) is 0.756. The Kier molecular flexibility index (Phi) is 9.03. The fraction of sp³-hybridized carbons (Fsp3) is 0.483. The van der Waals surface area contributed by atoms with Gasteiger partial charge in [-0.3, -0.25) is 19.2 Å². The van der Waals surface area contributed by atoms with Gasteiger partial charge in [0.2, 0.25) is 17.7 Å². The second-order valence-electron chi connectivity index (χ2n) is 10.8. The minimum atomic E-state index is -1.29. The van der Waals surface area contributed by atoms with Crippen molar-refractivity contribution >= 4 is 23.6 Å². The molecule has 214 valence electrons. The number of aromatic hydroxyl groups is 1. The molecule has 11 nitrogen and oxygen atoms in total. The third-order valence-corrected chi connectivity index (χ3v) is 8.16. The van der Waals surface area contributed by atoms with E-state index in [1.807, 2.05) is 30.3 Å². The molecule has 1 aliphatic heterocycles. The van der Waals surface area contributed by atoms with Gasteiger partial charge in [0.25, 0.3) is 5.91 Å². The van der Waals surface area contributed by atoms with Gasteiger partial charge in [-0.25, -0.2) is 4.98 Å². The smallest absolute Gasteiger partial charge is 0.274 e. The van der Waals surface area contributed by atoms with E-state index in [1.54, 1.807) is 13.8 Å². The molecule has 5 N–H and O–H groups in total. The van der Waals surface area contributed by atoms with Crippen LogP contribution >= 0.6 is 0 Å². The molecule has 4 amide bonds. The molecule has 1 saturated carbocycles. The van der Waals surface area contributed by atoms with E-state index in [9.17, 15) is 29.4 Å². The van der Waals surface area contributed by atoms with Crippen LogP contribution < -0.4 is 16.0 Å². The summed E-state index contributed by atoms with van der Waals surface area (Å²) in [6, 6.07) is 8.18. The van der Waals surface area contributed by atoms with Crippen LogP contribution in [0, 0.1) is 11.8 Å². The third kappa shape index (κ3) is 6.25. The Bertz CT molecular complexity index is 1240. The molecular weight excluding hydrogens is 514 g/mol. The topological polar surface area (TPSA) is 161 Å². The number of pyridine rings is 1. The SMILES string of the molecule is C[C@@H]1[C@H](NC(=O)c2ncccc2O)C(=O)N[C@@H](Cc2ccccc2)[C@@H](O)[C@@H](C)C(=O)NC(C2CCC2)C(=O)N1C. The molecule has 0 radical (unpaired) electrons. The van der Waals surface area contributed by atoms with Crippen molar-refractivity contribution in [2.75, 3.05) is 7.05 Å². The molecule has 11 heteroatoms. The summed E-state index contributed by atoms with van der Waals surface area (Å²) in [7, 11) is 1.53. The van der Waals surface area contributed by atoms with Crippen LogP contribution in [-0.2, 0) is 20.8 Å². The zero-order valence-corrected chi connectivity index (χ0v) is 22.9. The quantitative estimate of drug-likeness (QED) is 0.367. The lowest BCUT2D eigenvalue weighted by molar-refractivity contribution is -0.144. The number of nitrogens with one attached hydrogen (secondary N) is 3. The number of nitrogens with zero attached hydrogens (tertiary/aromatic N) is 2. The summed E-state index contributed by atoms with van der Waals surface area (Å²) in [4.78, 5) is 59.1. The van der Waals surface area contributed by atoms with E-state index in [4.69, 9.17) is 0 Å². The Hall–Kier alpha value is -3.99. The van der Waals surface area contributed by atoms with Crippen LogP contribution in [-0.4, -0.2) is 81.0 Å². The highest BCUT2D eigenvalue weighted by Crippen LogP contribution is 2.31. The van der Waals surface area contributed by atoms with Crippen LogP contribution in [0.3, 0.4) is 0 Å². The molecule has 1 saturated heterocycles. The summed E-state index contributed by atoms with van der Waals surface area (Å²) in [6.45, 7) is 3.19. The first-order valence-corrected chi connectivity index (χ1v) is 13.6. The van der Waals surface area contributed by atoms with Crippen LogP contribution in [0.15, 0.2) is 48.7 Å². The minimum Gasteiger partial charge on any atom is -0.505 e. The average molecular weight is 552 g/mol. The first kappa shape index (κ1) is 29.0. The molecule has 0 spiro atoms. The molecule has 1 aliphatic carbocycles. The normalized spacial score (nSPS) is 28.4. The molecular formula is C29H37N5O6. The second-order valence-corrected chi connectivity index (χ2v) is 10.8. The lowest BCUT2D eigenvalue weighted by atomic mass is 9.78. The predicted molar refractivity (Wildman–Crippen MR) is 146 cm³/mol. The van der Waals surface area contributed by atoms with E-state index in [0.29, 0.717) is 0 Å². The molecule has 2 fully saturated rings.